The van der Waals surface area contributed by atoms with Crippen molar-refractivity contribution in [3.63, 3.8) is 0 Å². The Bertz CT molecular complexity index is 315. The molecule has 2 amide bonds. The van der Waals surface area contributed by atoms with Crippen LogP contribution < -0.4 is 11.1 Å². The molecule has 6 nitrogen and oxygen atoms in total. The largest absolute Gasteiger partial charge is 0.378 e. The summed E-state index contributed by atoms with van der Waals surface area (Å²) in [6, 6.07) is 0. The third-order valence-electron chi connectivity index (χ3n) is 4.08. The molecule has 1 rings (SSSR count). The standard InChI is InChI=1S/C14H27N3O3/c1-3-14(4-2,11-15)16-12(18)5-6-13(19)17-7-9-20-10-8-17/h3-11,15H2,1-2H3,(H,16,18). The zero-order valence-electron chi connectivity index (χ0n) is 12.6. The molecule has 1 fully saturated rings. The summed E-state index contributed by atoms with van der Waals surface area (Å²) in [6.07, 6.45) is 2.06. The number of nitrogens with two attached hydrogens (primary N) is 1. The molecule has 116 valence electrons. The van der Waals surface area contributed by atoms with Crippen LogP contribution >= 0.6 is 0 Å². The first-order valence-electron chi connectivity index (χ1n) is 7.43. The van der Waals surface area contributed by atoms with Gasteiger partial charge in [0.2, 0.25) is 11.8 Å². The molecule has 0 bridgehead atoms. The first kappa shape index (κ1) is 16.9. The van der Waals surface area contributed by atoms with Crippen molar-refractivity contribution in [1.82, 2.24) is 10.2 Å². The highest BCUT2D eigenvalue weighted by molar-refractivity contribution is 5.84. The van der Waals surface area contributed by atoms with Gasteiger partial charge < -0.3 is 20.7 Å². The first-order chi connectivity index (χ1) is 9.56. The molecule has 0 saturated carbocycles. The number of morpholine rings is 1. The van der Waals surface area contributed by atoms with Crippen LogP contribution in [0, 0.1) is 0 Å². The molecule has 20 heavy (non-hydrogen) atoms. The summed E-state index contributed by atoms with van der Waals surface area (Å²) in [7, 11) is 0. The molecule has 0 atom stereocenters. The number of nitrogens with one attached hydrogen (secondary N) is 1. The van der Waals surface area contributed by atoms with E-state index in [1.54, 1.807) is 4.90 Å². The Morgan fingerprint density at radius 1 is 1.20 bits per heavy atom. The lowest BCUT2D eigenvalue weighted by molar-refractivity contribution is -0.137. The van der Waals surface area contributed by atoms with Gasteiger partial charge in [-0.05, 0) is 12.8 Å². The summed E-state index contributed by atoms with van der Waals surface area (Å²) >= 11 is 0. The van der Waals surface area contributed by atoms with Crippen LogP contribution in [-0.4, -0.2) is 55.1 Å². The normalized spacial score (nSPS) is 16.1. The van der Waals surface area contributed by atoms with Crippen molar-refractivity contribution in [2.45, 2.75) is 45.1 Å². The number of hydrogen-bond acceptors (Lipinski definition) is 4. The molecule has 0 aromatic heterocycles. The minimum absolute atomic E-state index is 0.0230. The second kappa shape index (κ2) is 8.21. The highest BCUT2D eigenvalue weighted by Crippen LogP contribution is 2.13. The van der Waals surface area contributed by atoms with Crippen LogP contribution in [0.2, 0.25) is 0 Å². The van der Waals surface area contributed by atoms with Crippen LogP contribution in [0.25, 0.3) is 0 Å². The van der Waals surface area contributed by atoms with Crippen molar-refractivity contribution in [3.05, 3.63) is 0 Å². The lowest BCUT2D eigenvalue weighted by atomic mass is 9.92. The maximum atomic E-state index is 12.0. The maximum Gasteiger partial charge on any atom is 0.223 e. The van der Waals surface area contributed by atoms with Crippen LogP contribution in [0.4, 0.5) is 0 Å². The van der Waals surface area contributed by atoms with Gasteiger partial charge in [-0.3, -0.25) is 9.59 Å². The Hall–Kier alpha value is -1.14. The van der Waals surface area contributed by atoms with E-state index in [1.807, 2.05) is 13.8 Å². The predicted octanol–water partition coefficient (Wildman–Crippen LogP) is 0.259. The second-order valence-electron chi connectivity index (χ2n) is 5.23. The van der Waals surface area contributed by atoms with Crippen molar-refractivity contribution in [2.24, 2.45) is 5.73 Å². The van der Waals surface area contributed by atoms with Crippen molar-refractivity contribution < 1.29 is 14.3 Å². The number of nitrogens with zero attached hydrogens (tertiary/aromatic N) is 1. The highest BCUT2D eigenvalue weighted by Gasteiger charge is 2.26. The molecule has 0 aliphatic carbocycles. The van der Waals surface area contributed by atoms with Crippen LogP contribution in [0.5, 0.6) is 0 Å². The molecule has 3 N–H and O–H groups in total. The van der Waals surface area contributed by atoms with Crippen LogP contribution in [-0.2, 0) is 14.3 Å². The fourth-order valence-corrected chi connectivity index (χ4v) is 2.32. The fourth-order valence-electron chi connectivity index (χ4n) is 2.32. The van der Waals surface area contributed by atoms with Gasteiger partial charge in [-0.25, -0.2) is 0 Å². The van der Waals surface area contributed by atoms with E-state index in [0.717, 1.165) is 12.8 Å². The number of amides is 2. The van der Waals surface area contributed by atoms with E-state index >= 15 is 0 Å². The molecule has 1 aliphatic heterocycles. The Morgan fingerprint density at radius 3 is 2.30 bits per heavy atom. The van der Waals surface area contributed by atoms with Gasteiger partial charge >= 0.3 is 0 Å². The topological polar surface area (TPSA) is 84.7 Å². The zero-order valence-corrected chi connectivity index (χ0v) is 12.6. The highest BCUT2D eigenvalue weighted by atomic mass is 16.5. The van der Waals surface area contributed by atoms with Gasteiger partial charge in [0.15, 0.2) is 0 Å². The third-order valence-corrected chi connectivity index (χ3v) is 4.08. The van der Waals surface area contributed by atoms with Crippen molar-refractivity contribution in [1.29, 1.82) is 0 Å². The number of ether oxygens (including phenoxy) is 1. The quantitative estimate of drug-likeness (QED) is 0.702. The molecule has 0 spiro atoms. The van der Waals surface area contributed by atoms with Crippen LogP contribution in [0.3, 0.4) is 0 Å². The van der Waals surface area contributed by atoms with E-state index in [9.17, 15) is 9.59 Å². The van der Waals surface area contributed by atoms with Crippen molar-refractivity contribution in [3.8, 4) is 0 Å². The van der Waals surface area contributed by atoms with E-state index in [-0.39, 0.29) is 30.2 Å². The Balaban J connectivity index is 2.36. The average molecular weight is 285 g/mol. The van der Waals surface area contributed by atoms with Gasteiger partial charge in [0, 0.05) is 32.5 Å². The lowest BCUT2D eigenvalue weighted by Gasteiger charge is -2.31. The van der Waals surface area contributed by atoms with Gasteiger partial charge in [-0.15, -0.1) is 0 Å². The SMILES string of the molecule is CCC(CC)(CN)NC(=O)CCC(=O)N1CCOCC1. The summed E-state index contributed by atoms with van der Waals surface area (Å²) in [5.74, 6) is -0.0736. The molecule has 0 unspecified atom stereocenters. The molecular weight excluding hydrogens is 258 g/mol. The van der Waals surface area contributed by atoms with Gasteiger partial charge in [0.1, 0.15) is 0 Å². The van der Waals surface area contributed by atoms with E-state index in [0.29, 0.717) is 32.8 Å². The molecule has 1 aliphatic rings. The number of rotatable bonds is 7. The first-order valence-corrected chi connectivity index (χ1v) is 7.43. The molecule has 0 aromatic rings. The molecule has 1 heterocycles. The van der Waals surface area contributed by atoms with E-state index in [2.05, 4.69) is 5.32 Å². The van der Waals surface area contributed by atoms with Crippen LogP contribution in [0.15, 0.2) is 0 Å². The Kier molecular flexibility index (Phi) is 6.95. The van der Waals surface area contributed by atoms with Gasteiger partial charge in [-0.1, -0.05) is 13.8 Å². The lowest BCUT2D eigenvalue weighted by Crippen LogP contribution is -2.53. The second-order valence-corrected chi connectivity index (χ2v) is 5.23. The van der Waals surface area contributed by atoms with Crippen LogP contribution in [0.1, 0.15) is 39.5 Å². The molecule has 1 saturated heterocycles. The third kappa shape index (κ3) is 4.76. The monoisotopic (exact) mass is 285 g/mol. The van der Waals surface area contributed by atoms with Gasteiger partial charge in [-0.2, -0.15) is 0 Å². The predicted molar refractivity (Wildman–Crippen MR) is 77.1 cm³/mol. The van der Waals surface area contributed by atoms with Crippen molar-refractivity contribution in [2.75, 3.05) is 32.8 Å². The summed E-state index contributed by atoms with van der Waals surface area (Å²) in [5.41, 5.74) is 5.41. The van der Waals surface area contributed by atoms with Crippen molar-refractivity contribution >= 4 is 11.8 Å². The number of hydrogen-bond donors (Lipinski definition) is 2. The van der Waals surface area contributed by atoms with E-state index in [1.165, 1.54) is 0 Å². The molecule has 6 heteroatoms. The van der Waals surface area contributed by atoms with Gasteiger partial charge in [0.25, 0.3) is 0 Å². The zero-order chi connectivity index (χ0) is 15.0. The summed E-state index contributed by atoms with van der Waals surface area (Å²) < 4.78 is 5.20. The van der Waals surface area contributed by atoms with Gasteiger partial charge in [0.05, 0.1) is 18.8 Å². The summed E-state index contributed by atoms with van der Waals surface area (Å²) in [4.78, 5) is 25.7. The molecule has 0 radical (unpaired) electrons. The smallest absolute Gasteiger partial charge is 0.223 e. The molecular formula is C14H27N3O3. The number of carbonyl (C=O) groups excluding carboxylic acids is 2. The Labute approximate surface area is 121 Å². The summed E-state index contributed by atoms with van der Waals surface area (Å²) in [5, 5.41) is 2.98. The molecule has 0 aromatic carbocycles. The average Bonchev–Trinajstić information content (AvgIpc) is 2.51. The van der Waals surface area contributed by atoms with E-state index in [4.69, 9.17) is 10.5 Å². The number of carbonyl (C=O) groups is 2. The summed E-state index contributed by atoms with van der Waals surface area (Å²) in [6.45, 7) is 6.85. The fraction of sp³-hybridized carbons (Fsp3) is 0.857. The minimum Gasteiger partial charge on any atom is -0.378 e. The minimum atomic E-state index is -0.334. The Morgan fingerprint density at radius 2 is 1.80 bits per heavy atom. The van der Waals surface area contributed by atoms with E-state index < -0.39 is 0 Å². The maximum absolute atomic E-state index is 12.0.